The van der Waals surface area contributed by atoms with Gasteiger partial charge in [0.2, 0.25) is 0 Å². The van der Waals surface area contributed by atoms with Crippen molar-refractivity contribution in [2.75, 3.05) is 13.1 Å². The Bertz CT molecular complexity index is 571. The van der Waals surface area contributed by atoms with Crippen LogP contribution < -0.4 is 5.32 Å². The van der Waals surface area contributed by atoms with E-state index >= 15 is 0 Å². The largest absolute Gasteiger partial charge is 0.317 e. The van der Waals surface area contributed by atoms with Gasteiger partial charge in [0, 0.05) is 17.2 Å². The van der Waals surface area contributed by atoms with Crippen molar-refractivity contribution in [1.82, 2.24) is 15.5 Å². The highest BCUT2D eigenvalue weighted by molar-refractivity contribution is 5.64. The summed E-state index contributed by atoms with van der Waals surface area (Å²) in [7, 11) is 0. The minimum absolute atomic E-state index is 0.214. The molecule has 3 nitrogen and oxygen atoms in total. The summed E-state index contributed by atoms with van der Waals surface area (Å²) in [6.07, 6.45) is 2.22. The van der Waals surface area contributed by atoms with Crippen molar-refractivity contribution < 1.29 is 4.39 Å². The quantitative estimate of drug-likeness (QED) is 0.870. The maximum absolute atomic E-state index is 13.8. The highest BCUT2D eigenvalue weighted by atomic mass is 19.1. The summed E-state index contributed by atoms with van der Waals surface area (Å²) in [4.78, 5) is 0. The maximum Gasteiger partial charge on any atom is 0.132 e. The molecule has 100 valence electrons. The number of rotatable bonds is 2. The summed E-state index contributed by atoms with van der Waals surface area (Å²) in [5.74, 6) is 0.295. The Kier molecular flexibility index (Phi) is 3.34. The van der Waals surface area contributed by atoms with Gasteiger partial charge in [0.25, 0.3) is 0 Å². The van der Waals surface area contributed by atoms with Gasteiger partial charge in [0.05, 0.1) is 5.69 Å². The van der Waals surface area contributed by atoms with E-state index in [1.54, 1.807) is 12.1 Å². The van der Waals surface area contributed by atoms with Crippen molar-refractivity contribution in [3.63, 3.8) is 0 Å². The summed E-state index contributed by atoms with van der Waals surface area (Å²) in [6, 6.07) is 6.81. The summed E-state index contributed by atoms with van der Waals surface area (Å²) < 4.78 is 13.8. The van der Waals surface area contributed by atoms with Crippen LogP contribution in [0.3, 0.4) is 0 Å². The van der Waals surface area contributed by atoms with E-state index in [1.165, 1.54) is 11.8 Å². The summed E-state index contributed by atoms with van der Waals surface area (Å²) in [5.41, 5.74) is 3.57. The molecule has 0 unspecified atom stereocenters. The number of hydrogen-bond acceptors (Lipinski definition) is 2. The van der Waals surface area contributed by atoms with Gasteiger partial charge in [-0.25, -0.2) is 4.39 Å². The van der Waals surface area contributed by atoms with Crippen molar-refractivity contribution in [3.8, 4) is 11.3 Å². The minimum Gasteiger partial charge on any atom is -0.317 e. The molecule has 1 saturated heterocycles. The van der Waals surface area contributed by atoms with Crippen molar-refractivity contribution in [2.45, 2.75) is 25.7 Å². The number of halogens is 1. The molecule has 1 aromatic heterocycles. The van der Waals surface area contributed by atoms with Gasteiger partial charge in [-0.1, -0.05) is 12.1 Å². The molecule has 0 bridgehead atoms. The average molecular weight is 259 g/mol. The van der Waals surface area contributed by atoms with E-state index in [2.05, 4.69) is 15.5 Å². The third kappa shape index (κ3) is 2.28. The van der Waals surface area contributed by atoms with E-state index in [-0.39, 0.29) is 5.82 Å². The highest BCUT2D eigenvalue weighted by Gasteiger charge is 2.22. The first-order valence-corrected chi connectivity index (χ1v) is 6.78. The van der Waals surface area contributed by atoms with E-state index in [0.717, 1.165) is 37.2 Å². The Balaban J connectivity index is 1.97. The fourth-order valence-corrected chi connectivity index (χ4v) is 2.83. The number of aromatic nitrogens is 2. The second-order valence-corrected chi connectivity index (χ2v) is 5.12. The van der Waals surface area contributed by atoms with Crippen molar-refractivity contribution in [3.05, 3.63) is 41.3 Å². The van der Waals surface area contributed by atoms with Crippen LogP contribution in [0, 0.1) is 12.7 Å². The summed E-state index contributed by atoms with van der Waals surface area (Å²) in [6.45, 7) is 4.11. The third-order valence-corrected chi connectivity index (χ3v) is 3.92. The van der Waals surface area contributed by atoms with Crippen LogP contribution in [0.15, 0.2) is 24.3 Å². The molecular weight excluding hydrogens is 241 g/mol. The van der Waals surface area contributed by atoms with Crippen LogP contribution >= 0.6 is 0 Å². The van der Waals surface area contributed by atoms with Crippen LogP contribution in [-0.2, 0) is 0 Å². The second-order valence-electron chi connectivity index (χ2n) is 5.12. The zero-order valence-corrected chi connectivity index (χ0v) is 11.0. The van der Waals surface area contributed by atoms with Crippen LogP contribution in [-0.4, -0.2) is 23.3 Å². The molecule has 2 aromatic rings. The standard InChI is InChI=1S/C15H18FN3/c1-10-14(11-6-8-17-9-7-11)18-19-15(10)12-4-2-3-5-13(12)16/h2-5,11,17H,6-9H2,1H3,(H,18,19). The fraction of sp³-hybridized carbons (Fsp3) is 0.400. The molecule has 0 saturated carbocycles. The topological polar surface area (TPSA) is 40.7 Å². The van der Waals surface area contributed by atoms with Gasteiger partial charge < -0.3 is 5.32 Å². The predicted molar refractivity (Wildman–Crippen MR) is 73.6 cm³/mol. The molecule has 0 amide bonds. The Labute approximate surface area is 112 Å². The van der Waals surface area contributed by atoms with Crippen molar-refractivity contribution in [2.24, 2.45) is 0 Å². The van der Waals surface area contributed by atoms with Crippen molar-refractivity contribution in [1.29, 1.82) is 0 Å². The van der Waals surface area contributed by atoms with E-state index in [1.807, 2.05) is 13.0 Å². The molecule has 1 aliphatic heterocycles. The summed E-state index contributed by atoms with van der Waals surface area (Å²) >= 11 is 0. The smallest absolute Gasteiger partial charge is 0.132 e. The lowest BCUT2D eigenvalue weighted by atomic mass is 9.91. The van der Waals surface area contributed by atoms with Gasteiger partial charge in [0.1, 0.15) is 5.82 Å². The van der Waals surface area contributed by atoms with Gasteiger partial charge in [-0.2, -0.15) is 5.10 Å². The molecular formula is C15H18FN3. The molecule has 2 heterocycles. The van der Waals surface area contributed by atoms with E-state index in [9.17, 15) is 4.39 Å². The molecule has 19 heavy (non-hydrogen) atoms. The molecule has 0 spiro atoms. The number of benzene rings is 1. The van der Waals surface area contributed by atoms with Gasteiger partial charge >= 0.3 is 0 Å². The Morgan fingerprint density at radius 1 is 1.21 bits per heavy atom. The minimum atomic E-state index is -0.214. The van der Waals surface area contributed by atoms with Gasteiger partial charge in [-0.05, 0) is 50.6 Å². The van der Waals surface area contributed by atoms with Crippen LogP contribution in [0.5, 0.6) is 0 Å². The molecule has 4 heteroatoms. The number of nitrogens with one attached hydrogen (secondary N) is 2. The molecule has 1 aliphatic rings. The number of aromatic amines is 1. The third-order valence-electron chi connectivity index (χ3n) is 3.92. The zero-order valence-electron chi connectivity index (χ0n) is 11.0. The first-order chi connectivity index (χ1) is 9.27. The Hall–Kier alpha value is -1.68. The lowest BCUT2D eigenvalue weighted by Crippen LogP contribution is -2.27. The van der Waals surface area contributed by atoms with Crippen LogP contribution in [0.4, 0.5) is 4.39 Å². The van der Waals surface area contributed by atoms with Crippen LogP contribution in [0.2, 0.25) is 0 Å². The normalized spacial score (nSPS) is 16.7. The first kappa shape index (κ1) is 12.4. The second kappa shape index (κ2) is 5.13. The van der Waals surface area contributed by atoms with E-state index in [0.29, 0.717) is 11.5 Å². The van der Waals surface area contributed by atoms with Gasteiger partial charge in [-0.3, -0.25) is 5.10 Å². The number of piperidine rings is 1. The number of hydrogen-bond donors (Lipinski definition) is 2. The van der Waals surface area contributed by atoms with Crippen molar-refractivity contribution >= 4 is 0 Å². The number of H-pyrrole nitrogens is 1. The molecule has 1 fully saturated rings. The Morgan fingerprint density at radius 2 is 1.95 bits per heavy atom. The monoisotopic (exact) mass is 259 g/mol. The highest BCUT2D eigenvalue weighted by Crippen LogP contribution is 2.32. The van der Waals surface area contributed by atoms with Crippen LogP contribution in [0.1, 0.15) is 30.0 Å². The van der Waals surface area contributed by atoms with E-state index < -0.39 is 0 Å². The predicted octanol–water partition coefficient (Wildman–Crippen LogP) is 2.99. The molecule has 2 N–H and O–H groups in total. The number of nitrogens with zero attached hydrogens (tertiary/aromatic N) is 1. The lowest BCUT2D eigenvalue weighted by molar-refractivity contribution is 0.451. The van der Waals surface area contributed by atoms with E-state index in [4.69, 9.17) is 0 Å². The molecule has 1 aromatic carbocycles. The summed E-state index contributed by atoms with van der Waals surface area (Å²) in [5, 5.41) is 10.8. The fourth-order valence-electron chi connectivity index (χ4n) is 2.83. The molecule has 0 radical (unpaired) electrons. The lowest BCUT2D eigenvalue weighted by Gasteiger charge is -2.22. The zero-order chi connectivity index (χ0) is 13.2. The first-order valence-electron chi connectivity index (χ1n) is 6.78. The molecule has 0 aliphatic carbocycles. The maximum atomic E-state index is 13.8. The Morgan fingerprint density at radius 3 is 2.68 bits per heavy atom. The molecule has 0 atom stereocenters. The molecule has 3 rings (SSSR count). The van der Waals surface area contributed by atoms with Crippen LogP contribution in [0.25, 0.3) is 11.3 Å². The SMILES string of the molecule is Cc1c(-c2ccccc2F)n[nH]c1C1CCNCC1. The average Bonchev–Trinajstić information content (AvgIpc) is 2.82. The van der Waals surface area contributed by atoms with Gasteiger partial charge in [0.15, 0.2) is 0 Å². The van der Waals surface area contributed by atoms with Gasteiger partial charge in [-0.15, -0.1) is 0 Å².